The van der Waals surface area contributed by atoms with E-state index in [4.69, 9.17) is 28.2 Å². The fourth-order valence-electron chi connectivity index (χ4n) is 3.55. The number of halogens is 2. The third-order valence-corrected chi connectivity index (χ3v) is 5.66. The number of nitrogens with zero attached hydrogens (tertiary/aromatic N) is 6. The monoisotopic (exact) mass is 457 g/mol. The molecule has 0 aliphatic carbocycles. The molecule has 3 N–H and O–H groups in total. The Labute approximate surface area is 185 Å². The number of aromatic nitrogens is 6. The number of anilines is 1. The van der Waals surface area contributed by atoms with Crippen LogP contribution in [0.1, 0.15) is 25.2 Å². The lowest BCUT2D eigenvalue weighted by Crippen LogP contribution is -2.49. The minimum Gasteiger partial charge on any atom is -0.358 e. The molecule has 4 aromatic rings. The standard InChI is InChI=1S/C19H17Cl2N9O/c1-2-12(27-17-15-16(23-8-22-15)24-9-25-17)18-28-14-11(21)5-4-10(20)13(14)19(31)30(18)29-7-3-6-26-29/h3-6,8-9,12,26H,2,7H2,1H3,(H2,22,23,24,25,27). The van der Waals surface area contributed by atoms with Crippen LogP contribution in [0.4, 0.5) is 5.82 Å². The van der Waals surface area contributed by atoms with Gasteiger partial charge in [0.1, 0.15) is 11.8 Å². The maximum absolute atomic E-state index is 13.6. The van der Waals surface area contributed by atoms with Gasteiger partial charge in [0.2, 0.25) is 0 Å². The van der Waals surface area contributed by atoms with Crippen molar-refractivity contribution in [3.8, 4) is 0 Å². The average Bonchev–Trinajstić information content (AvgIpc) is 3.46. The summed E-state index contributed by atoms with van der Waals surface area (Å²) in [6.45, 7) is 2.46. The number of rotatable bonds is 5. The quantitative estimate of drug-likeness (QED) is 0.418. The van der Waals surface area contributed by atoms with Gasteiger partial charge >= 0.3 is 0 Å². The van der Waals surface area contributed by atoms with Gasteiger partial charge in [-0.1, -0.05) is 30.1 Å². The molecule has 1 atom stereocenters. The topological polar surface area (TPSA) is 117 Å². The van der Waals surface area contributed by atoms with Gasteiger partial charge in [-0.05, 0) is 24.6 Å². The largest absolute Gasteiger partial charge is 0.358 e. The third kappa shape index (κ3) is 3.24. The van der Waals surface area contributed by atoms with Crippen LogP contribution in [-0.4, -0.2) is 36.1 Å². The first kappa shape index (κ1) is 19.6. The molecule has 3 aromatic heterocycles. The Bertz CT molecular complexity index is 1370. The van der Waals surface area contributed by atoms with Crippen LogP contribution in [0.5, 0.6) is 0 Å². The lowest BCUT2D eigenvalue weighted by Gasteiger charge is -2.28. The Morgan fingerprint density at radius 1 is 1.19 bits per heavy atom. The maximum Gasteiger partial charge on any atom is 0.283 e. The van der Waals surface area contributed by atoms with Crippen LogP contribution < -0.4 is 21.4 Å². The zero-order valence-corrected chi connectivity index (χ0v) is 17.8. The van der Waals surface area contributed by atoms with Gasteiger partial charge in [0.05, 0.1) is 39.9 Å². The minimum atomic E-state index is -0.385. The number of nitrogens with one attached hydrogen (secondary N) is 3. The van der Waals surface area contributed by atoms with Gasteiger partial charge in [0, 0.05) is 6.20 Å². The summed E-state index contributed by atoms with van der Waals surface area (Å²) in [6.07, 6.45) is 7.25. The van der Waals surface area contributed by atoms with Crippen LogP contribution >= 0.6 is 23.2 Å². The molecule has 158 valence electrons. The molecule has 31 heavy (non-hydrogen) atoms. The highest BCUT2D eigenvalue weighted by Crippen LogP contribution is 2.29. The van der Waals surface area contributed by atoms with E-state index in [-0.39, 0.29) is 17.0 Å². The van der Waals surface area contributed by atoms with Gasteiger partial charge in [-0.3, -0.25) is 10.2 Å². The van der Waals surface area contributed by atoms with Crippen molar-refractivity contribution in [3.05, 3.63) is 63.3 Å². The molecule has 1 aliphatic heterocycles. The molecule has 0 saturated carbocycles. The predicted octanol–water partition coefficient (Wildman–Crippen LogP) is 2.90. The number of imidazole rings is 1. The van der Waals surface area contributed by atoms with Gasteiger partial charge in [0.15, 0.2) is 17.3 Å². The Balaban J connectivity index is 1.71. The molecule has 0 saturated heterocycles. The van der Waals surface area contributed by atoms with Crippen molar-refractivity contribution in [2.45, 2.75) is 19.4 Å². The van der Waals surface area contributed by atoms with Crippen molar-refractivity contribution >= 4 is 51.1 Å². The highest BCUT2D eigenvalue weighted by Gasteiger charge is 2.26. The summed E-state index contributed by atoms with van der Waals surface area (Å²) in [4.78, 5) is 34.1. The van der Waals surface area contributed by atoms with E-state index in [1.165, 1.54) is 11.0 Å². The number of hydrogen-bond acceptors (Lipinski definition) is 8. The normalized spacial score (nSPS) is 14.4. The molecule has 10 nitrogen and oxygen atoms in total. The second-order valence-electron chi connectivity index (χ2n) is 6.88. The van der Waals surface area contributed by atoms with Crippen LogP contribution in [0.25, 0.3) is 22.1 Å². The summed E-state index contributed by atoms with van der Waals surface area (Å²) >= 11 is 12.7. The summed E-state index contributed by atoms with van der Waals surface area (Å²) in [6, 6.07) is 2.85. The van der Waals surface area contributed by atoms with Crippen molar-refractivity contribution in [1.82, 2.24) is 35.0 Å². The van der Waals surface area contributed by atoms with Gasteiger partial charge in [0.25, 0.3) is 5.56 Å². The van der Waals surface area contributed by atoms with E-state index in [0.717, 1.165) is 0 Å². The van der Waals surface area contributed by atoms with Crippen LogP contribution in [0.2, 0.25) is 10.0 Å². The molecule has 0 fully saturated rings. The Hall–Kier alpha value is -3.37. The number of hydrazine groups is 1. The fraction of sp³-hybridized carbons (Fsp3) is 0.211. The average molecular weight is 458 g/mol. The Kier molecular flexibility index (Phi) is 4.87. The summed E-state index contributed by atoms with van der Waals surface area (Å²) in [5, 5.41) is 5.92. The van der Waals surface area contributed by atoms with Crippen LogP contribution in [0.15, 0.2) is 41.9 Å². The molecule has 1 unspecified atom stereocenters. The number of aromatic amines is 1. The van der Waals surface area contributed by atoms with Gasteiger partial charge in [-0.25, -0.2) is 25.1 Å². The van der Waals surface area contributed by atoms with Crippen LogP contribution in [0, 0.1) is 0 Å². The molecule has 0 bridgehead atoms. The van der Waals surface area contributed by atoms with Crippen molar-refractivity contribution in [2.24, 2.45) is 0 Å². The van der Waals surface area contributed by atoms with E-state index in [1.54, 1.807) is 29.8 Å². The van der Waals surface area contributed by atoms with Crippen LogP contribution in [0.3, 0.4) is 0 Å². The van der Waals surface area contributed by atoms with E-state index in [0.29, 0.717) is 51.3 Å². The first-order chi connectivity index (χ1) is 15.1. The minimum absolute atomic E-state index is 0.262. The smallest absolute Gasteiger partial charge is 0.283 e. The number of H-pyrrole nitrogens is 1. The third-order valence-electron chi connectivity index (χ3n) is 5.04. The summed E-state index contributed by atoms with van der Waals surface area (Å²) in [5.41, 5.74) is 4.28. The second kappa shape index (κ2) is 7.71. The SMILES string of the molecule is CCC(Nc1ncnc2[nH]cnc12)c1nc2c(Cl)ccc(Cl)c2c(=O)n1N1CC=CN1. The predicted molar refractivity (Wildman–Crippen MR) is 120 cm³/mol. The lowest BCUT2D eigenvalue weighted by molar-refractivity contribution is 0.514. The Morgan fingerprint density at radius 3 is 2.81 bits per heavy atom. The molecule has 0 spiro atoms. The number of fused-ring (bicyclic) bond motifs is 2. The van der Waals surface area contributed by atoms with E-state index < -0.39 is 0 Å². The molecule has 4 heterocycles. The van der Waals surface area contributed by atoms with E-state index in [1.807, 2.05) is 13.0 Å². The number of hydrogen-bond donors (Lipinski definition) is 3. The molecule has 1 aromatic carbocycles. The summed E-state index contributed by atoms with van der Waals surface area (Å²) in [7, 11) is 0. The zero-order valence-electron chi connectivity index (χ0n) is 16.3. The summed E-state index contributed by atoms with van der Waals surface area (Å²) < 4.78 is 1.48. The number of benzene rings is 1. The van der Waals surface area contributed by atoms with Crippen LogP contribution in [-0.2, 0) is 0 Å². The van der Waals surface area contributed by atoms with Crippen molar-refractivity contribution in [2.75, 3.05) is 17.0 Å². The molecular formula is C19H17Cl2N9O. The molecule has 0 amide bonds. The van der Waals surface area contributed by atoms with Crippen molar-refractivity contribution in [3.63, 3.8) is 0 Å². The molecule has 0 radical (unpaired) electrons. The second-order valence-corrected chi connectivity index (χ2v) is 7.69. The van der Waals surface area contributed by atoms with Gasteiger partial charge in [-0.15, -0.1) is 0 Å². The highest BCUT2D eigenvalue weighted by atomic mass is 35.5. The van der Waals surface area contributed by atoms with E-state index >= 15 is 0 Å². The highest BCUT2D eigenvalue weighted by molar-refractivity contribution is 6.39. The van der Waals surface area contributed by atoms with Gasteiger partial charge in [-0.2, -0.15) is 4.68 Å². The first-order valence-corrected chi connectivity index (χ1v) is 10.3. The molecule has 1 aliphatic rings. The van der Waals surface area contributed by atoms with Gasteiger partial charge < -0.3 is 10.3 Å². The Morgan fingerprint density at radius 2 is 2.03 bits per heavy atom. The molecular weight excluding hydrogens is 441 g/mol. The maximum atomic E-state index is 13.6. The first-order valence-electron chi connectivity index (χ1n) is 9.58. The van der Waals surface area contributed by atoms with E-state index in [2.05, 4.69) is 30.7 Å². The summed E-state index contributed by atoms with van der Waals surface area (Å²) in [5.74, 6) is 0.992. The fourth-order valence-corrected chi connectivity index (χ4v) is 3.99. The molecule has 12 heteroatoms. The van der Waals surface area contributed by atoms with E-state index in [9.17, 15) is 4.79 Å². The molecule has 5 rings (SSSR count). The van der Waals surface area contributed by atoms with Crippen molar-refractivity contribution in [1.29, 1.82) is 0 Å². The zero-order chi connectivity index (χ0) is 21.5. The lowest BCUT2D eigenvalue weighted by atomic mass is 10.1. The van der Waals surface area contributed by atoms with Crippen molar-refractivity contribution < 1.29 is 0 Å².